The number of nitrogens with one attached hydrogen (secondary N) is 2. The maximum absolute atomic E-state index is 13.1. The number of urea groups is 1. The van der Waals surface area contributed by atoms with Gasteiger partial charge in [-0.3, -0.25) is 4.98 Å². The van der Waals surface area contributed by atoms with Gasteiger partial charge in [0.2, 0.25) is 0 Å². The topological polar surface area (TPSA) is 107 Å². The van der Waals surface area contributed by atoms with E-state index >= 15 is 0 Å². The molecule has 194 valence electrons. The molecule has 8 heteroatoms. The molecule has 2 amide bonds. The van der Waals surface area contributed by atoms with Gasteiger partial charge in [-0.15, -0.1) is 0 Å². The lowest BCUT2D eigenvalue weighted by atomic mass is 9.80. The molecule has 38 heavy (non-hydrogen) atoms. The van der Waals surface area contributed by atoms with Crippen molar-refractivity contribution < 1.29 is 9.53 Å². The number of benzene rings is 1. The van der Waals surface area contributed by atoms with Crippen molar-refractivity contribution in [2.45, 2.75) is 50.5 Å². The molecule has 1 aliphatic heterocycles. The Morgan fingerprint density at radius 2 is 1.95 bits per heavy atom. The molecule has 2 aliphatic rings. The van der Waals surface area contributed by atoms with Gasteiger partial charge in [-0.2, -0.15) is 5.26 Å². The molecule has 0 spiro atoms. The van der Waals surface area contributed by atoms with Crippen LogP contribution in [-0.2, 0) is 0 Å². The first kappa shape index (κ1) is 24.2. The lowest BCUT2D eigenvalue weighted by molar-refractivity contribution is 0.133. The fourth-order valence-electron chi connectivity index (χ4n) is 6.06. The second kappa shape index (κ2) is 10.7. The van der Waals surface area contributed by atoms with Crippen LogP contribution in [0.15, 0.2) is 55.0 Å². The molecule has 8 nitrogen and oxygen atoms in total. The molecule has 1 saturated heterocycles. The summed E-state index contributed by atoms with van der Waals surface area (Å²) in [5.74, 6) is 1.52. The molecule has 0 bridgehead atoms. The van der Waals surface area contributed by atoms with E-state index in [0.29, 0.717) is 30.6 Å². The van der Waals surface area contributed by atoms with Gasteiger partial charge in [0.05, 0.1) is 30.0 Å². The summed E-state index contributed by atoms with van der Waals surface area (Å²) in [4.78, 5) is 27.3. The standard InChI is InChI=1S/C30H32N6O2/c31-16-20-3-9-24(10-4-20)38-19-21-2-1-15-36(18-21)30(37)35-23-7-5-22(6-8-23)25-11-13-32-27-17-34-29-26(28(25)27)12-14-33-29/h3-4,9-14,17,21-23H,1-2,5-8,15,18-19H2,(H,33,34)(H,35,37). The Bertz CT molecular complexity index is 1470. The van der Waals surface area contributed by atoms with Crippen LogP contribution in [0, 0.1) is 17.2 Å². The van der Waals surface area contributed by atoms with Gasteiger partial charge in [0.15, 0.2) is 0 Å². The third-order valence-electron chi connectivity index (χ3n) is 8.09. The number of pyridine rings is 2. The van der Waals surface area contributed by atoms with Gasteiger partial charge in [0.1, 0.15) is 11.4 Å². The van der Waals surface area contributed by atoms with E-state index < -0.39 is 0 Å². The third-order valence-corrected chi connectivity index (χ3v) is 8.09. The van der Waals surface area contributed by atoms with Crippen LogP contribution in [0.1, 0.15) is 55.6 Å². The highest BCUT2D eigenvalue weighted by Crippen LogP contribution is 2.38. The van der Waals surface area contributed by atoms with Gasteiger partial charge in [-0.1, -0.05) is 0 Å². The average molecular weight is 509 g/mol. The number of rotatable bonds is 5. The number of hydrogen-bond donors (Lipinski definition) is 2. The van der Waals surface area contributed by atoms with Gasteiger partial charge in [0, 0.05) is 48.2 Å². The van der Waals surface area contributed by atoms with Crippen molar-refractivity contribution in [3.05, 3.63) is 66.1 Å². The zero-order valence-electron chi connectivity index (χ0n) is 21.4. The predicted molar refractivity (Wildman–Crippen MR) is 146 cm³/mol. The highest BCUT2D eigenvalue weighted by molar-refractivity contribution is 6.05. The van der Waals surface area contributed by atoms with Crippen LogP contribution < -0.4 is 10.1 Å². The molecule has 6 rings (SSSR count). The maximum atomic E-state index is 13.1. The Morgan fingerprint density at radius 1 is 1.11 bits per heavy atom. The number of aromatic amines is 1. The first-order valence-corrected chi connectivity index (χ1v) is 13.6. The molecular formula is C30H32N6O2. The van der Waals surface area contributed by atoms with E-state index in [9.17, 15) is 4.79 Å². The number of carbonyl (C=O) groups excluding carboxylic acids is 1. The molecule has 4 heterocycles. The number of carbonyl (C=O) groups is 1. The van der Waals surface area contributed by atoms with Crippen LogP contribution in [-0.4, -0.2) is 51.6 Å². The summed E-state index contributed by atoms with van der Waals surface area (Å²) in [6.07, 6.45) is 11.7. The van der Waals surface area contributed by atoms with Gasteiger partial charge in [0.25, 0.3) is 0 Å². The number of hydrogen-bond acceptors (Lipinski definition) is 5. The largest absolute Gasteiger partial charge is 0.493 e. The number of amides is 2. The second-order valence-corrected chi connectivity index (χ2v) is 10.6. The number of likely N-dealkylation sites (tertiary alicyclic amines) is 1. The number of fused-ring (bicyclic) bond motifs is 3. The van der Waals surface area contributed by atoms with Crippen LogP contribution in [0.4, 0.5) is 4.79 Å². The molecular weight excluding hydrogens is 476 g/mol. The molecule has 1 aromatic carbocycles. The van der Waals surface area contributed by atoms with Crippen LogP contribution in [0.3, 0.4) is 0 Å². The van der Waals surface area contributed by atoms with Crippen molar-refractivity contribution in [3.63, 3.8) is 0 Å². The highest BCUT2D eigenvalue weighted by Gasteiger charge is 2.29. The van der Waals surface area contributed by atoms with Crippen molar-refractivity contribution in [1.29, 1.82) is 5.26 Å². The number of H-pyrrole nitrogens is 1. The Morgan fingerprint density at radius 3 is 2.76 bits per heavy atom. The second-order valence-electron chi connectivity index (χ2n) is 10.6. The highest BCUT2D eigenvalue weighted by atomic mass is 16.5. The van der Waals surface area contributed by atoms with E-state index in [2.05, 4.69) is 38.5 Å². The third kappa shape index (κ3) is 5.01. The first-order chi connectivity index (χ1) is 18.7. The van der Waals surface area contributed by atoms with Crippen molar-refractivity contribution in [2.24, 2.45) is 5.92 Å². The number of ether oxygens (including phenoxy) is 1. The summed E-state index contributed by atoms with van der Waals surface area (Å²) in [6, 6.07) is 13.8. The Kier molecular flexibility index (Phi) is 6.82. The van der Waals surface area contributed by atoms with Crippen LogP contribution in [0.2, 0.25) is 0 Å². The molecule has 4 aromatic rings. The monoisotopic (exact) mass is 508 g/mol. The van der Waals surface area contributed by atoms with E-state index in [4.69, 9.17) is 10.00 Å². The van der Waals surface area contributed by atoms with Crippen molar-refractivity contribution in [3.8, 4) is 11.8 Å². The Labute approximate surface area is 222 Å². The summed E-state index contributed by atoms with van der Waals surface area (Å²) in [6.45, 7) is 2.07. The van der Waals surface area contributed by atoms with Crippen LogP contribution in [0.25, 0.3) is 21.9 Å². The van der Waals surface area contributed by atoms with Gasteiger partial charge < -0.3 is 19.9 Å². The quantitative estimate of drug-likeness (QED) is 0.370. The Balaban J connectivity index is 1.03. The molecule has 1 unspecified atom stereocenters. The summed E-state index contributed by atoms with van der Waals surface area (Å²) in [5, 5.41) is 14.6. The van der Waals surface area contributed by atoms with Crippen molar-refractivity contribution in [2.75, 3.05) is 19.7 Å². The molecule has 1 atom stereocenters. The maximum Gasteiger partial charge on any atom is 0.317 e. The van der Waals surface area contributed by atoms with Gasteiger partial charge in [-0.05, 0) is 86.4 Å². The zero-order valence-corrected chi connectivity index (χ0v) is 21.4. The number of piperidine rings is 1. The van der Waals surface area contributed by atoms with Gasteiger partial charge >= 0.3 is 6.03 Å². The normalized spacial score (nSPS) is 21.8. The summed E-state index contributed by atoms with van der Waals surface area (Å²) in [7, 11) is 0. The van der Waals surface area contributed by atoms with Crippen molar-refractivity contribution >= 4 is 28.0 Å². The average Bonchev–Trinajstić information content (AvgIpc) is 3.46. The Hall–Kier alpha value is -4.12. The zero-order chi connectivity index (χ0) is 25.9. The molecule has 1 saturated carbocycles. The van der Waals surface area contributed by atoms with E-state index in [1.807, 2.05) is 35.6 Å². The molecule has 3 aromatic heterocycles. The van der Waals surface area contributed by atoms with E-state index in [1.54, 1.807) is 12.1 Å². The summed E-state index contributed by atoms with van der Waals surface area (Å²) in [5.41, 5.74) is 3.80. The van der Waals surface area contributed by atoms with E-state index in [-0.39, 0.29) is 12.1 Å². The van der Waals surface area contributed by atoms with Crippen molar-refractivity contribution in [1.82, 2.24) is 25.2 Å². The molecule has 0 radical (unpaired) electrons. The minimum absolute atomic E-state index is 0.0472. The fraction of sp³-hybridized carbons (Fsp3) is 0.400. The SMILES string of the molecule is N#Cc1ccc(OCC2CCCN(C(=O)NC3CCC(c4ccnc5cnc6[nH]ccc6c45)CC3)C2)cc1. The predicted octanol–water partition coefficient (Wildman–Crippen LogP) is 5.51. The number of nitriles is 1. The molecule has 2 fully saturated rings. The molecule has 2 N–H and O–H groups in total. The first-order valence-electron chi connectivity index (χ1n) is 13.6. The fourth-order valence-corrected chi connectivity index (χ4v) is 6.06. The summed E-state index contributed by atoms with van der Waals surface area (Å²) >= 11 is 0. The lowest BCUT2D eigenvalue weighted by Gasteiger charge is -2.35. The smallest absolute Gasteiger partial charge is 0.317 e. The van der Waals surface area contributed by atoms with Crippen LogP contribution >= 0.6 is 0 Å². The number of nitrogens with zero attached hydrogens (tertiary/aromatic N) is 4. The minimum atomic E-state index is 0.0472. The minimum Gasteiger partial charge on any atom is -0.493 e. The summed E-state index contributed by atoms with van der Waals surface area (Å²) < 4.78 is 5.95. The van der Waals surface area contributed by atoms with E-state index in [0.717, 1.165) is 67.4 Å². The van der Waals surface area contributed by atoms with Crippen LogP contribution in [0.5, 0.6) is 5.75 Å². The van der Waals surface area contributed by atoms with E-state index in [1.165, 1.54) is 10.9 Å². The van der Waals surface area contributed by atoms with Gasteiger partial charge in [-0.25, -0.2) is 9.78 Å². The lowest BCUT2D eigenvalue weighted by Crippen LogP contribution is -2.50. The molecule has 1 aliphatic carbocycles. The number of aromatic nitrogens is 3.